The number of carbonyl (C=O) groups is 1. The van der Waals surface area contributed by atoms with E-state index in [4.69, 9.17) is 4.74 Å². The summed E-state index contributed by atoms with van der Waals surface area (Å²) in [5.41, 5.74) is 8.83. The third-order valence-electron chi connectivity index (χ3n) is 6.86. The molecule has 186 valence electrons. The van der Waals surface area contributed by atoms with Gasteiger partial charge >= 0.3 is 5.97 Å². The average Bonchev–Trinajstić information content (AvgIpc) is 2.84. The van der Waals surface area contributed by atoms with Crippen molar-refractivity contribution in [2.45, 2.75) is 54.4 Å². The molecule has 0 heterocycles. The normalized spacial score (nSPS) is 11.0. The summed E-state index contributed by atoms with van der Waals surface area (Å²) in [5.74, 6) is 0.347. The molecular formula is C31H40N2O2. The van der Waals surface area contributed by atoms with Crippen LogP contribution in [-0.2, 0) is 4.79 Å². The van der Waals surface area contributed by atoms with Crippen molar-refractivity contribution < 1.29 is 9.53 Å². The predicted octanol–water partition coefficient (Wildman–Crippen LogP) is 7.10. The maximum absolute atomic E-state index is 11.4. The molecule has 0 unspecified atom stereocenters. The zero-order valence-electron chi connectivity index (χ0n) is 22.4. The third-order valence-corrected chi connectivity index (χ3v) is 6.86. The first-order valence-electron chi connectivity index (χ1n) is 12.8. The highest BCUT2D eigenvalue weighted by Crippen LogP contribution is 2.38. The Bertz CT molecular complexity index is 1070. The van der Waals surface area contributed by atoms with Crippen molar-refractivity contribution in [1.29, 1.82) is 0 Å². The van der Waals surface area contributed by atoms with Gasteiger partial charge in [0.05, 0.1) is 0 Å². The van der Waals surface area contributed by atoms with Crippen LogP contribution in [0.5, 0.6) is 5.75 Å². The Morgan fingerprint density at radius 2 is 1.14 bits per heavy atom. The van der Waals surface area contributed by atoms with Crippen LogP contribution in [0.15, 0.2) is 60.7 Å². The largest absolute Gasteiger partial charge is 0.427 e. The number of carbonyl (C=O) groups excluding carboxylic acids is 1. The number of hydrogen-bond acceptors (Lipinski definition) is 4. The summed E-state index contributed by atoms with van der Waals surface area (Å²) < 4.78 is 5.29. The van der Waals surface area contributed by atoms with Gasteiger partial charge in [-0.3, -0.25) is 4.79 Å². The maximum atomic E-state index is 11.4. The molecule has 0 spiro atoms. The second-order valence-corrected chi connectivity index (χ2v) is 9.02. The first-order valence-corrected chi connectivity index (χ1v) is 12.8. The molecule has 0 aliphatic heterocycles. The van der Waals surface area contributed by atoms with Crippen LogP contribution in [0.1, 0.15) is 68.4 Å². The van der Waals surface area contributed by atoms with Gasteiger partial charge in [-0.25, -0.2) is 0 Å². The molecule has 0 radical (unpaired) electrons. The van der Waals surface area contributed by atoms with Crippen LogP contribution in [-0.4, -0.2) is 32.1 Å². The van der Waals surface area contributed by atoms with Crippen molar-refractivity contribution >= 4 is 17.3 Å². The number of aryl methyl sites for hydroxylation is 2. The Labute approximate surface area is 211 Å². The molecule has 0 amide bonds. The van der Waals surface area contributed by atoms with Crippen molar-refractivity contribution in [2.75, 3.05) is 36.0 Å². The molecule has 0 N–H and O–H groups in total. The van der Waals surface area contributed by atoms with Crippen LogP contribution in [0, 0.1) is 13.8 Å². The molecule has 0 aliphatic rings. The van der Waals surface area contributed by atoms with Gasteiger partial charge in [-0.05, 0) is 106 Å². The van der Waals surface area contributed by atoms with E-state index in [2.05, 4.69) is 99.9 Å². The fourth-order valence-corrected chi connectivity index (χ4v) is 4.96. The number of hydrogen-bond donors (Lipinski definition) is 0. The van der Waals surface area contributed by atoms with Crippen molar-refractivity contribution in [3.8, 4) is 5.75 Å². The van der Waals surface area contributed by atoms with Gasteiger partial charge in [0.2, 0.25) is 0 Å². The summed E-state index contributed by atoms with van der Waals surface area (Å²) in [6.07, 6.45) is 0. The Morgan fingerprint density at radius 3 is 1.49 bits per heavy atom. The van der Waals surface area contributed by atoms with Gasteiger partial charge in [0.15, 0.2) is 0 Å². The predicted molar refractivity (Wildman–Crippen MR) is 148 cm³/mol. The van der Waals surface area contributed by atoms with E-state index >= 15 is 0 Å². The van der Waals surface area contributed by atoms with Crippen LogP contribution in [0.2, 0.25) is 0 Å². The molecule has 3 aromatic rings. The van der Waals surface area contributed by atoms with E-state index in [1.165, 1.54) is 46.1 Å². The molecule has 0 saturated heterocycles. The molecular weight excluding hydrogens is 432 g/mol. The smallest absolute Gasteiger partial charge is 0.308 e. The van der Waals surface area contributed by atoms with Crippen LogP contribution < -0.4 is 14.5 Å². The van der Waals surface area contributed by atoms with E-state index in [1.54, 1.807) is 0 Å². The number of benzene rings is 3. The summed E-state index contributed by atoms with van der Waals surface area (Å²) in [6, 6.07) is 21.6. The van der Waals surface area contributed by atoms with Crippen LogP contribution in [0.25, 0.3) is 0 Å². The molecule has 35 heavy (non-hydrogen) atoms. The van der Waals surface area contributed by atoms with E-state index in [0.717, 1.165) is 26.2 Å². The van der Waals surface area contributed by atoms with Crippen LogP contribution in [0.3, 0.4) is 0 Å². The second kappa shape index (κ2) is 11.9. The van der Waals surface area contributed by atoms with Gasteiger partial charge < -0.3 is 14.5 Å². The average molecular weight is 473 g/mol. The minimum Gasteiger partial charge on any atom is -0.427 e. The SMILES string of the molecule is CCN(CC)c1ccc(C(c2ccc(OC(C)=O)cc2)c2ccc(N(CC)CC)cc2C)c(C)c1. The lowest BCUT2D eigenvalue weighted by atomic mass is 9.81. The lowest BCUT2D eigenvalue weighted by Crippen LogP contribution is -2.22. The van der Waals surface area contributed by atoms with Gasteiger partial charge in [-0.15, -0.1) is 0 Å². The topological polar surface area (TPSA) is 32.8 Å². The minimum absolute atomic E-state index is 0.0814. The maximum Gasteiger partial charge on any atom is 0.308 e. The highest BCUT2D eigenvalue weighted by atomic mass is 16.5. The fraction of sp³-hybridized carbons (Fsp3) is 0.387. The molecule has 4 heteroatoms. The molecule has 4 nitrogen and oxygen atoms in total. The zero-order chi connectivity index (χ0) is 25.5. The first-order chi connectivity index (χ1) is 16.8. The summed E-state index contributed by atoms with van der Waals surface area (Å²) >= 11 is 0. The third kappa shape index (κ3) is 6.05. The van der Waals surface area contributed by atoms with E-state index in [9.17, 15) is 4.79 Å². The van der Waals surface area contributed by atoms with Crippen molar-refractivity contribution in [2.24, 2.45) is 0 Å². The molecule has 0 atom stereocenters. The summed E-state index contributed by atoms with van der Waals surface area (Å²) in [4.78, 5) is 16.2. The van der Waals surface area contributed by atoms with E-state index in [0.29, 0.717) is 5.75 Å². The van der Waals surface area contributed by atoms with Gasteiger partial charge in [0.1, 0.15) is 5.75 Å². The molecule has 0 bridgehead atoms. The van der Waals surface area contributed by atoms with Crippen LogP contribution >= 0.6 is 0 Å². The number of esters is 1. The molecule has 0 aromatic heterocycles. The van der Waals surface area contributed by atoms with Gasteiger partial charge in [0, 0.05) is 50.4 Å². The number of nitrogens with zero attached hydrogens (tertiary/aromatic N) is 2. The number of anilines is 2. The first kappa shape index (κ1) is 26.3. The van der Waals surface area contributed by atoms with Crippen LogP contribution in [0.4, 0.5) is 11.4 Å². The summed E-state index contributed by atoms with van der Waals surface area (Å²) in [7, 11) is 0. The standard InChI is InChI=1S/C31H40N2O2/c1-8-32(9-2)26-14-18-29(22(5)20-26)31(25-12-16-28(17-13-25)35-24(7)34)30-19-15-27(21-23(30)6)33(10-3)11-4/h12-21,31H,8-11H2,1-7H3. The zero-order valence-corrected chi connectivity index (χ0v) is 22.4. The van der Waals surface area contributed by atoms with Gasteiger partial charge in [-0.2, -0.15) is 0 Å². The molecule has 0 fully saturated rings. The molecule has 0 aliphatic carbocycles. The molecule has 0 saturated carbocycles. The van der Waals surface area contributed by atoms with E-state index in [-0.39, 0.29) is 11.9 Å². The van der Waals surface area contributed by atoms with Gasteiger partial charge in [0.25, 0.3) is 0 Å². The van der Waals surface area contributed by atoms with E-state index < -0.39 is 0 Å². The van der Waals surface area contributed by atoms with Crippen molar-refractivity contribution in [3.63, 3.8) is 0 Å². The van der Waals surface area contributed by atoms with Crippen molar-refractivity contribution in [3.05, 3.63) is 88.5 Å². The highest BCUT2D eigenvalue weighted by molar-refractivity contribution is 5.69. The molecule has 3 aromatic carbocycles. The minimum atomic E-state index is -0.306. The van der Waals surface area contributed by atoms with Gasteiger partial charge in [-0.1, -0.05) is 24.3 Å². The lowest BCUT2D eigenvalue weighted by Gasteiger charge is -2.27. The van der Waals surface area contributed by atoms with Crippen molar-refractivity contribution in [1.82, 2.24) is 0 Å². The quantitative estimate of drug-likeness (QED) is 0.179. The Balaban J connectivity index is 2.13. The van der Waals surface area contributed by atoms with E-state index in [1.807, 2.05) is 12.1 Å². The Morgan fingerprint density at radius 1 is 0.714 bits per heavy atom. The number of ether oxygens (including phenoxy) is 1. The Hall–Kier alpha value is -3.27. The summed E-state index contributed by atoms with van der Waals surface area (Å²) in [6.45, 7) is 18.6. The molecule has 3 rings (SSSR count). The number of rotatable bonds is 10. The second-order valence-electron chi connectivity index (χ2n) is 9.02. The monoisotopic (exact) mass is 472 g/mol. The highest BCUT2D eigenvalue weighted by Gasteiger charge is 2.22. The fourth-order valence-electron chi connectivity index (χ4n) is 4.96. The lowest BCUT2D eigenvalue weighted by molar-refractivity contribution is -0.131. The summed E-state index contributed by atoms with van der Waals surface area (Å²) in [5, 5.41) is 0. The Kier molecular flexibility index (Phi) is 8.97.